The van der Waals surface area contributed by atoms with E-state index in [1.807, 2.05) is 26.8 Å². The van der Waals surface area contributed by atoms with E-state index in [0.717, 1.165) is 31.5 Å². The summed E-state index contributed by atoms with van der Waals surface area (Å²) in [5.74, 6) is 0.923. The van der Waals surface area contributed by atoms with Crippen LogP contribution in [0.4, 0.5) is 0 Å². The quantitative estimate of drug-likeness (QED) is 0.499. The fourth-order valence-corrected chi connectivity index (χ4v) is 4.16. The van der Waals surface area contributed by atoms with Gasteiger partial charge in [-0.2, -0.15) is 0 Å². The summed E-state index contributed by atoms with van der Waals surface area (Å²) in [6.07, 6.45) is 3.80. The van der Waals surface area contributed by atoms with Crippen molar-refractivity contribution in [3.63, 3.8) is 0 Å². The van der Waals surface area contributed by atoms with Gasteiger partial charge >= 0.3 is 0 Å². The molecule has 0 amide bonds. The minimum Gasteiger partial charge on any atom is -0.598 e. The van der Waals surface area contributed by atoms with Gasteiger partial charge in [0.2, 0.25) is 0 Å². The molecule has 2 unspecified atom stereocenters. The maximum absolute atomic E-state index is 12.8. The van der Waals surface area contributed by atoms with Gasteiger partial charge < -0.3 is 14.6 Å². The number of piperidine rings is 1. The normalized spacial score (nSPS) is 20.5. The van der Waals surface area contributed by atoms with Crippen LogP contribution >= 0.6 is 23.2 Å². The van der Waals surface area contributed by atoms with Crippen molar-refractivity contribution in [2.24, 2.45) is 5.92 Å². The summed E-state index contributed by atoms with van der Waals surface area (Å²) in [7, 11) is 0. The summed E-state index contributed by atoms with van der Waals surface area (Å²) >= 11 is 11.3. The molecule has 1 aliphatic heterocycles. The Morgan fingerprint density at radius 1 is 1.42 bits per heavy atom. The van der Waals surface area contributed by atoms with E-state index >= 15 is 0 Å². The highest BCUT2D eigenvalue weighted by Gasteiger charge is 2.36. The Balaban J connectivity index is 2.42. The Kier molecular flexibility index (Phi) is 8.13. The molecule has 7 heteroatoms. The predicted molar refractivity (Wildman–Crippen MR) is 112 cm³/mol. The van der Waals surface area contributed by atoms with Crippen LogP contribution in [0, 0.1) is 5.92 Å². The van der Waals surface area contributed by atoms with Crippen molar-refractivity contribution in [1.29, 1.82) is 0 Å². The summed E-state index contributed by atoms with van der Waals surface area (Å²) in [6, 6.07) is 3.40. The topological polar surface area (TPSA) is 56.3 Å². The van der Waals surface area contributed by atoms with E-state index in [4.69, 9.17) is 27.9 Å². The summed E-state index contributed by atoms with van der Waals surface area (Å²) < 4.78 is 21.6. The van der Waals surface area contributed by atoms with Gasteiger partial charge in [0.1, 0.15) is 17.1 Å². The largest absolute Gasteiger partial charge is 0.598 e. The van der Waals surface area contributed by atoms with Crippen molar-refractivity contribution in [2.45, 2.75) is 44.4 Å². The molecule has 0 aromatic heterocycles. The third kappa shape index (κ3) is 5.78. The van der Waals surface area contributed by atoms with Gasteiger partial charge in [-0.25, -0.2) is 0 Å². The van der Waals surface area contributed by atoms with Crippen LogP contribution in [-0.4, -0.2) is 29.0 Å². The molecule has 0 aliphatic carbocycles. The van der Waals surface area contributed by atoms with E-state index in [1.54, 1.807) is 12.1 Å². The first kappa shape index (κ1) is 21.9. The van der Waals surface area contributed by atoms with E-state index in [1.165, 1.54) is 0 Å². The van der Waals surface area contributed by atoms with Crippen LogP contribution in [0.5, 0.6) is 5.75 Å². The van der Waals surface area contributed by atoms with Crippen LogP contribution in [0.1, 0.15) is 45.2 Å². The summed E-state index contributed by atoms with van der Waals surface area (Å²) in [5, 5.41) is 4.33. The van der Waals surface area contributed by atoms with Crippen LogP contribution in [-0.2, 0) is 11.4 Å². The van der Waals surface area contributed by atoms with Crippen molar-refractivity contribution in [3.8, 4) is 5.75 Å². The van der Waals surface area contributed by atoms with Gasteiger partial charge in [-0.05, 0) is 58.7 Å². The highest BCUT2D eigenvalue weighted by Crippen LogP contribution is 2.39. The Bertz CT molecular complexity index is 616. The molecule has 1 fully saturated rings. The summed E-state index contributed by atoms with van der Waals surface area (Å²) in [5.41, 5.74) is 0.882. The SMILES string of the molecule is C=CCOc1cc(Cl)c(Cl)cc1C(N[S+]([O-])C(C)(C)C)[C@@H]1CCCNC1. The second-order valence-electron chi connectivity index (χ2n) is 7.49. The number of nitrogens with one attached hydrogen (secondary N) is 2. The maximum Gasteiger partial charge on any atom is 0.136 e. The van der Waals surface area contributed by atoms with E-state index in [2.05, 4.69) is 16.6 Å². The fraction of sp³-hybridized carbons (Fsp3) is 0.579. The Hall–Kier alpha value is -0.430. The molecule has 2 N–H and O–H groups in total. The average molecular weight is 419 g/mol. The lowest BCUT2D eigenvalue weighted by molar-refractivity contribution is 0.296. The predicted octanol–water partition coefficient (Wildman–Crippen LogP) is 4.65. The molecule has 1 saturated heterocycles. The van der Waals surface area contributed by atoms with Gasteiger partial charge in [-0.15, -0.1) is 4.72 Å². The minimum atomic E-state index is -1.23. The molecule has 1 aromatic carbocycles. The molecule has 0 saturated carbocycles. The van der Waals surface area contributed by atoms with Crippen LogP contribution in [0.2, 0.25) is 10.0 Å². The molecule has 0 bridgehead atoms. The number of hydrogen-bond acceptors (Lipinski definition) is 4. The Labute approximate surface area is 170 Å². The van der Waals surface area contributed by atoms with Crippen molar-refractivity contribution in [3.05, 3.63) is 40.4 Å². The minimum absolute atomic E-state index is 0.155. The van der Waals surface area contributed by atoms with Crippen molar-refractivity contribution < 1.29 is 9.29 Å². The van der Waals surface area contributed by atoms with Gasteiger partial charge in [-0.3, -0.25) is 0 Å². The highest BCUT2D eigenvalue weighted by atomic mass is 35.5. The van der Waals surface area contributed by atoms with E-state index in [-0.39, 0.29) is 16.7 Å². The van der Waals surface area contributed by atoms with Crippen LogP contribution in [0.15, 0.2) is 24.8 Å². The zero-order valence-corrected chi connectivity index (χ0v) is 17.9. The molecule has 26 heavy (non-hydrogen) atoms. The highest BCUT2D eigenvalue weighted by molar-refractivity contribution is 7.90. The first-order valence-electron chi connectivity index (χ1n) is 8.85. The standard InChI is InChI=1S/C19H28Cl2N2O2S/c1-5-9-25-17-11-16(21)15(20)10-14(17)18(13-7-6-8-22-12-13)23-26(24)19(2,3)4/h5,10-11,13,18,22-23H,1,6-9,12H2,2-4H3/t13-,18?,26?/m1/s1. The van der Waals surface area contributed by atoms with Crippen molar-refractivity contribution in [1.82, 2.24) is 10.0 Å². The Morgan fingerprint density at radius 3 is 2.69 bits per heavy atom. The van der Waals surface area contributed by atoms with Gasteiger partial charge in [0.15, 0.2) is 0 Å². The lowest BCUT2D eigenvalue weighted by atomic mass is 9.87. The van der Waals surface area contributed by atoms with Gasteiger partial charge in [-0.1, -0.05) is 35.9 Å². The van der Waals surface area contributed by atoms with Gasteiger partial charge in [0.05, 0.1) is 16.1 Å². The van der Waals surface area contributed by atoms with Crippen molar-refractivity contribution >= 4 is 34.6 Å². The van der Waals surface area contributed by atoms with E-state index < -0.39 is 11.4 Å². The molecular formula is C19H28Cl2N2O2S. The van der Waals surface area contributed by atoms with Gasteiger partial charge in [0.25, 0.3) is 0 Å². The smallest absolute Gasteiger partial charge is 0.136 e. The number of ether oxygens (including phenoxy) is 1. The summed E-state index contributed by atoms with van der Waals surface area (Å²) in [4.78, 5) is 0. The van der Waals surface area contributed by atoms with Crippen LogP contribution in [0.3, 0.4) is 0 Å². The zero-order chi connectivity index (χ0) is 19.3. The molecule has 0 radical (unpaired) electrons. The number of rotatable bonds is 7. The lowest BCUT2D eigenvalue weighted by Gasteiger charge is -2.35. The van der Waals surface area contributed by atoms with Crippen LogP contribution < -0.4 is 14.8 Å². The molecule has 1 heterocycles. The first-order chi connectivity index (χ1) is 12.2. The number of hydrogen-bond donors (Lipinski definition) is 2. The molecule has 4 nitrogen and oxygen atoms in total. The van der Waals surface area contributed by atoms with Crippen LogP contribution in [0.25, 0.3) is 0 Å². The molecule has 1 aromatic rings. The third-order valence-corrected chi connectivity index (χ3v) is 6.64. The lowest BCUT2D eigenvalue weighted by Crippen LogP contribution is -2.46. The average Bonchev–Trinajstić information content (AvgIpc) is 2.60. The molecule has 3 atom stereocenters. The molecular weight excluding hydrogens is 391 g/mol. The van der Waals surface area contributed by atoms with E-state index in [0.29, 0.717) is 22.4 Å². The van der Waals surface area contributed by atoms with E-state index in [9.17, 15) is 4.55 Å². The second kappa shape index (κ2) is 9.67. The van der Waals surface area contributed by atoms with Crippen molar-refractivity contribution in [2.75, 3.05) is 19.7 Å². The third-order valence-electron chi connectivity index (χ3n) is 4.34. The number of halogens is 2. The maximum atomic E-state index is 12.8. The first-order valence-corrected chi connectivity index (χ1v) is 10.8. The fourth-order valence-electron chi connectivity index (χ4n) is 2.93. The number of benzene rings is 1. The zero-order valence-electron chi connectivity index (χ0n) is 15.6. The molecule has 1 aliphatic rings. The second-order valence-corrected chi connectivity index (χ2v) is 10.3. The Morgan fingerprint density at radius 2 is 2.12 bits per heavy atom. The molecule has 2 rings (SSSR count). The molecule has 146 valence electrons. The van der Waals surface area contributed by atoms with Gasteiger partial charge in [0, 0.05) is 23.0 Å². The summed E-state index contributed by atoms with van der Waals surface area (Å²) in [6.45, 7) is 11.8. The molecule has 0 spiro atoms. The monoisotopic (exact) mass is 418 g/mol.